The summed E-state index contributed by atoms with van der Waals surface area (Å²) >= 11 is 0. The van der Waals surface area contributed by atoms with E-state index in [0.29, 0.717) is 0 Å². The van der Waals surface area contributed by atoms with E-state index in [2.05, 4.69) is 28.2 Å². The van der Waals surface area contributed by atoms with Crippen molar-refractivity contribution >= 4 is 17.9 Å². The van der Waals surface area contributed by atoms with E-state index in [9.17, 15) is 19.5 Å². The lowest BCUT2D eigenvalue weighted by atomic mass is 9.96. The normalized spacial score (nSPS) is 10.1. The van der Waals surface area contributed by atoms with E-state index >= 15 is 0 Å². The maximum absolute atomic E-state index is 10.2. The highest BCUT2D eigenvalue weighted by Gasteiger charge is 2.34. The molecule has 0 atom stereocenters. The summed E-state index contributed by atoms with van der Waals surface area (Å²) in [5.74, 6) is -5.35. The van der Waals surface area contributed by atoms with Crippen molar-refractivity contribution in [3.8, 4) is 0 Å². The van der Waals surface area contributed by atoms with Crippen molar-refractivity contribution in [3.05, 3.63) is 0 Å². The molecule has 0 aromatic carbocycles. The number of carbonyl (C=O) groups excluding carboxylic acids is 1. The van der Waals surface area contributed by atoms with Crippen LogP contribution < -0.4 is 5.11 Å². The third-order valence-electron chi connectivity index (χ3n) is 1.27. The molecule has 20 heavy (non-hydrogen) atoms. The number of rotatable bonds is 5. The highest BCUT2D eigenvalue weighted by molar-refractivity contribution is 5.86. The van der Waals surface area contributed by atoms with Crippen LogP contribution in [0.4, 0.5) is 0 Å². The monoisotopic (exact) mass is 301 g/mol. The van der Waals surface area contributed by atoms with Gasteiger partial charge in [0.2, 0.25) is 0 Å². The number of nitrogens with zero attached hydrogens (tertiary/aromatic N) is 1. The summed E-state index contributed by atoms with van der Waals surface area (Å²) in [5, 5.41) is 35.5. The molecular weight excluding hydrogens is 278 g/mol. The maximum atomic E-state index is 10.2. The topological polar surface area (TPSA) is 198 Å². The van der Waals surface area contributed by atoms with Gasteiger partial charge in [-0.15, -0.1) is 0 Å². The highest BCUT2D eigenvalue weighted by Crippen LogP contribution is 2.14. The summed E-state index contributed by atoms with van der Waals surface area (Å²) in [6, 6.07) is 0. The molecule has 0 fully saturated rings. The first-order valence-electron chi connectivity index (χ1n) is 4.94. The van der Waals surface area contributed by atoms with Crippen molar-refractivity contribution in [2.75, 3.05) is 28.2 Å². The summed E-state index contributed by atoms with van der Waals surface area (Å²) in [6.07, 6.45) is -2.41. The average Bonchev–Trinajstić information content (AvgIpc) is 1.95. The molecule has 0 saturated heterocycles. The molecule has 0 aromatic heterocycles. The lowest BCUT2D eigenvalue weighted by Crippen LogP contribution is -2.51. The van der Waals surface area contributed by atoms with E-state index in [0.717, 1.165) is 4.48 Å². The first kappa shape index (κ1) is 26.7. The average molecular weight is 301 g/mol. The molecule has 122 valence electrons. The second kappa shape index (κ2) is 10.1. The standard InChI is InChI=1S/C6H8O7.C4H12N.2H2O/c7-3(8)1-6(13,5(11)12)2-4(9)10;1-5(2,3)4;;/h13H,1-2H2,(H,7,8)(H,9,10)(H,11,12);1-4H3;2*1H2/q;+1;;/p-1. The number of aliphatic carboxylic acids is 3. The molecule has 0 bridgehead atoms. The maximum Gasteiger partial charge on any atom is 0.306 e. The van der Waals surface area contributed by atoms with E-state index in [4.69, 9.17) is 15.3 Å². The van der Waals surface area contributed by atoms with Crippen LogP contribution in [0.5, 0.6) is 0 Å². The van der Waals surface area contributed by atoms with Gasteiger partial charge in [0.15, 0.2) is 0 Å². The molecule has 0 aromatic rings. The fourth-order valence-electron chi connectivity index (χ4n) is 0.707. The number of hydrogen-bond donors (Lipinski definition) is 3. The quantitative estimate of drug-likeness (QED) is 0.430. The fourth-order valence-corrected chi connectivity index (χ4v) is 0.707. The van der Waals surface area contributed by atoms with Gasteiger partial charge in [-0.1, -0.05) is 0 Å². The first-order chi connectivity index (χ1) is 7.78. The molecule has 0 saturated carbocycles. The zero-order chi connectivity index (χ0) is 15.1. The van der Waals surface area contributed by atoms with Crippen molar-refractivity contribution in [1.29, 1.82) is 0 Å². The second-order valence-electron chi connectivity index (χ2n) is 5.14. The molecule has 0 aliphatic rings. The Morgan fingerprint density at radius 2 is 1.15 bits per heavy atom. The van der Waals surface area contributed by atoms with Crippen molar-refractivity contribution in [3.63, 3.8) is 0 Å². The third kappa shape index (κ3) is 18.6. The lowest BCUT2D eigenvalue weighted by molar-refractivity contribution is -0.849. The van der Waals surface area contributed by atoms with Gasteiger partial charge in [0.25, 0.3) is 0 Å². The predicted octanol–water partition coefficient (Wildman–Crippen LogP) is -3.91. The Balaban J connectivity index is -0.000000158. The van der Waals surface area contributed by atoms with Crippen LogP contribution in [0.2, 0.25) is 0 Å². The Morgan fingerprint density at radius 1 is 0.950 bits per heavy atom. The smallest absolute Gasteiger partial charge is 0.306 e. The molecule has 0 rings (SSSR count). The third-order valence-corrected chi connectivity index (χ3v) is 1.27. The number of carbonyl (C=O) groups is 3. The summed E-state index contributed by atoms with van der Waals surface area (Å²) in [5.41, 5.74) is -2.85. The van der Waals surface area contributed by atoms with Crippen LogP contribution >= 0.6 is 0 Å². The number of quaternary nitrogens is 1. The highest BCUT2D eigenvalue weighted by atomic mass is 16.4. The van der Waals surface area contributed by atoms with Crippen molar-refractivity contribution in [2.45, 2.75) is 18.4 Å². The van der Waals surface area contributed by atoms with E-state index < -0.39 is 36.4 Å². The molecule has 0 radical (unpaired) electrons. The van der Waals surface area contributed by atoms with Crippen molar-refractivity contribution < 1.29 is 50.2 Å². The molecule has 0 spiro atoms. The Bertz CT molecular complexity index is 299. The van der Waals surface area contributed by atoms with Crippen LogP contribution in [-0.4, -0.2) is 82.5 Å². The minimum atomic E-state index is -2.85. The lowest BCUT2D eigenvalue weighted by Gasteiger charge is -2.25. The zero-order valence-corrected chi connectivity index (χ0v) is 11.8. The molecule has 0 amide bonds. The summed E-state index contributed by atoms with van der Waals surface area (Å²) in [6.45, 7) is 0. The van der Waals surface area contributed by atoms with Crippen LogP contribution in [-0.2, 0) is 14.4 Å². The van der Waals surface area contributed by atoms with Crippen LogP contribution in [0.25, 0.3) is 0 Å². The minimum Gasteiger partial charge on any atom is -0.547 e. The van der Waals surface area contributed by atoms with Gasteiger partial charge in [-0.2, -0.15) is 0 Å². The Kier molecular flexibility index (Phi) is 13.5. The number of carboxylic acids is 3. The van der Waals surface area contributed by atoms with E-state index in [1.807, 2.05) is 0 Å². The van der Waals surface area contributed by atoms with Crippen LogP contribution in [0.15, 0.2) is 0 Å². The van der Waals surface area contributed by atoms with E-state index in [1.165, 1.54) is 0 Å². The fraction of sp³-hybridized carbons (Fsp3) is 0.700. The molecule has 0 unspecified atom stereocenters. The van der Waals surface area contributed by atoms with Gasteiger partial charge in [-0.25, -0.2) is 0 Å². The van der Waals surface area contributed by atoms with Crippen LogP contribution in [0.3, 0.4) is 0 Å². The summed E-state index contributed by atoms with van der Waals surface area (Å²) < 4.78 is 1.00. The number of hydrogen-bond acceptors (Lipinski definition) is 5. The van der Waals surface area contributed by atoms with Gasteiger partial charge in [-0.05, 0) is 0 Å². The Morgan fingerprint density at radius 3 is 1.25 bits per heavy atom. The number of aliphatic hydroxyl groups is 1. The van der Waals surface area contributed by atoms with Crippen LogP contribution in [0, 0.1) is 0 Å². The summed E-state index contributed by atoms with van der Waals surface area (Å²) in [4.78, 5) is 30.3. The molecule has 7 N–H and O–H groups in total. The molecular formula is C10H23NO9. The van der Waals surface area contributed by atoms with E-state index in [1.54, 1.807) is 0 Å². The molecule has 0 aliphatic carbocycles. The van der Waals surface area contributed by atoms with Gasteiger partial charge in [0.05, 0.1) is 47.0 Å². The van der Waals surface area contributed by atoms with Crippen molar-refractivity contribution in [2.24, 2.45) is 0 Å². The minimum absolute atomic E-state index is 0. The number of carboxylic acid groups (broad SMARTS) is 3. The first-order valence-corrected chi connectivity index (χ1v) is 4.94. The Hall–Kier alpha value is -1.75. The predicted molar refractivity (Wildman–Crippen MR) is 65.6 cm³/mol. The second-order valence-corrected chi connectivity index (χ2v) is 5.14. The van der Waals surface area contributed by atoms with Gasteiger partial charge in [0, 0.05) is 0 Å². The molecule has 0 aliphatic heterocycles. The van der Waals surface area contributed by atoms with Crippen molar-refractivity contribution in [1.82, 2.24) is 0 Å². The SMILES string of the molecule is C[N+](C)(C)C.O.O.O=C(O)CC(O)(CC(=O)O)C(=O)[O-]. The largest absolute Gasteiger partial charge is 0.547 e. The van der Waals surface area contributed by atoms with E-state index in [-0.39, 0.29) is 11.0 Å². The molecule has 10 nitrogen and oxygen atoms in total. The van der Waals surface area contributed by atoms with Gasteiger partial charge < -0.3 is 40.7 Å². The zero-order valence-electron chi connectivity index (χ0n) is 11.8. The van der Waals surface area contributed by atoms with Crippen LogP contribution in [0.1, 0.15) is 12.8 Å². The van der Waals surface area contributed by atoms with Gasteiger partial charge >= 0.3 is 11.9 Å². The molecule has 10 heteroatoms. The van der Waals surface area contributed by atoms with Gasteiger partial charge in [0.1, 0.15) is 5.60 Å². The molecule has 0 heterocycles. The summed E-state index contributed by atoms with van der Waals surface area (Å²) in [7, 11) is 8.50. The Labute approximate surface area is 116 Å². The van der Waals surface area contributed by atoms with Gasteiger partial charge in [-0.3, -0.25) is 9.59 Å².